The highest BCUT2D eigenvalue weighted by Gasteiger charge is 2.19. The fourth-order valence-corrected chi connectivity index (χ4v) is 3.88. The van der Waals surface area contributed by atoms with Gasteiger partial charge in [-0.15, -0.1) is 10.2 Å². The van der Waals surface area contributed by atoms with Crippen molar-refractivity contribution in [3.05, 3.63) is 69.3 Å². The largest absolute Gasteiger partial charge is 0.497 e. The van der Waals surface area contributed by atoms with Crippen molar-refractivity contribution in [2.45, 2.75) is 5.22 Å². The average Bonchev–Trinajstić information content (AvgIpc) is 3.57. The van der Waals surface area contributed by atoms with E-state index in [2.05, 4.69) is 10.2 Å². The first-order valence-electron chi connectivity index (χ1n) is 10.4. The van der Waals surface area contributed by atoms with Crippen molar-refractivity contribution in [2.24, 2.45) is 0 Å². The molecule has 2 heterocycles. The number of carboxylic acids is 1. The van der Waals surface area contributed by atoms with Gasteiger partial charge in [0.25, 0.3) is 10.9 Å². The van der Waals surface area contributed by atoms with Gasteiger partial charge in [0.2, 0.25) is 5.89 Å². The molecule has 0 aliphatic rings. The number of non-ortho nitro benzene ring substituents is 1. The number of carboxylic acid groups (broad SMARTS) is 1. The van der Waals surface area contributed by atoms with Gasteiger partial charge in [0.15, 0.2) is 0 Å². The van der Waals surface area contributed by atoms with E-state index in [1.807, 2.05) is 0 Å². The number of methoxy groups -OCH3 is 3. The van der Waals surface area contributed by atoms with Crippen LogP contribution in [0.15, 0.2) is 67.5 Å². The van der Waals surface area contributed by atoms with Crippen LogP contribution < -0.4 is 14.2 Å². The van der Waals surface area contributed by atoms with Crippen LogP contribution in [0.2, 0.25) is 0 Å². The van der Waals surface area contributed by atoms with E-state index >= 15 is 0 Å². The summed E-state index contributed by atoms with van der Waals surface area (Å²) in [7, 11) is 4.40. The number of hydrogen-bond donors (Lipinski definition) is 1. The molecule has 0 saturated heterocycles. The molecule has 2 aromatic heterocycles. The maximum atomic E-state index is 11.9. The topological polar surface area (TPSA) is 160 Å². The highest BCUT2D eigenvalue weighted by molar-refractivity contribution is 8.03. The predicted molar refractivity (Wildman–Crippen MR) is 132 cm³/mol. The van der Waals surface area contributed by atoms with Crippen LogP contribution in [0.25, 0.3) is 28.9 Å². The number of carbonyl (C=O) groups is 1. The molecule has 0 amide bonds. The summed E-state index contributed by atoms with van der Waals surface area (Å²) in [4.78, 5) is 22.2. The molecule has 13 heteroatoms. The van der Waals surface area contributed by atoms with E-state index in [0.717, 1.165) is 11.8 Å². The Labute approximate surface area is 213 Å². The van der Waals surface area contributed by atoms with Crippen molar-refractivity contribution < 1.29 is 37.9 Å². The molecule has 0 aliphatic heterocycles. The van der Waals surface area contributed by atoms with Gasteiger partial charge in [0, 0.05) is 23.8 Å². The second kappa shape index (κ2) is 10.9. The van der Waals surface area contributed by atoms with Crippen LogP contribution in [0.1, 0.15) is 5.76 Å². The van der Waals surface area contributed by atoms with Crippen LogP contribution in [0.4, 0.5) is 5.69 Å². The lowest BCUT2D eigenvalue weighted by atomic mass is 10.1. The smallest absolute Gasteiger partial charge is 0.342 e. The Morgan fingerprint density at radius 2 is 1.73 bits per heavy atom. The van der Waals surface area contributed by atoms with Crippen LogP contribution in [-0.2, 0) is 4.79 Å². The SMILES string of the molecule is COc1cc(OC)cc(-c2nnc(S/C(=C\c3ccc(-c4ccc([N+](=O)[O-])cc4OC)o3)C(=O)O)o2)c1. The molecule has 0 unspecified atom stereocenters. The third kappa shape index (κ3) is 5.73. The fraction of sp³-hybridized carbons (Fsp3) is 0.125. The Bertz CT molecular complexity index is 1470. The van der Waals surface area contributed by atoms with E-state index in [0.29, 0.717) is 28.4 Å². The molecule has 0 saturated carbocycles. The summed E-state index contributed by atoms with van der Waals surface area (Å²) >= 11 is 0.744. The van der Waals surface area contributed by atoms with E-state index in [9.17, 15) is 20.0 Å². The summed E-state index contributed by atoms with van der Waals surface area (Å²) in [6, 6.07) is 12.3. The molecule has 190 valence electrons. The summed E-state index contributed by atoms with van der Waals surface area (Å²) in [6.07, 6.45) is 1.30. The van der Waals surface area contributed by atoms with Gasteiger partial charge < -0.3 is 28.2 Å². The second-order valence-corrected chi connectivity index (χ2v) is 8.23. The lowest BCUT2D eigenvalue weighted by Gasteiger charge is -2.05. The average molecular weight is 525 g/mol. The number of nitro benzene ring substituents is 1. The summed E-state index contributed by atoms with van der Waals surface area (Å²) in [5.41, 5.74) is 0.861. The molecule has 0 fully saturated rings. The standard InChI is InChI=1S/C24H19N3O9S/c1-32-16-8-13(9-17(11-16)33-2)22-25-26-24(36-22)37-21(23(28)29)12-15-5-7-19(35-15)18-6-4-14(27(30)31)10-20(18)34-3/h4-12H,1-3H3,(H,28,29)/b21-12-. The number of aromatic nitrogens is 2. The van der Waals surface area contributed by atoms with E-state index in [4.69, 9.17) is 23.0 Å². The number of nitro groups is 1. The van der Waals surface area contributed by atoms with Crippen molar-refractivity contribution in [1.29, 1.82) is 0 Å². The zero-order chi connectivity index (χ0) is 26.5. The zero-order valence-electron chi connectivity index (χ0n) is 19.7. The van der Waals surface area contributed by atoms with Crippen molar-refractivity contribution >= 4 is 29.5 Å². The number of rotatable bonds is 10. The molecule has 0 spiro atoms. The van der Waals surface area contributed by atoms with Crippen molar-refractivity contribution in [3.63, 3.8) is 0 Å². The van der Waals surface area contributed by atoms with E-state index in [1.165, 1.54) is 45.6 Å². The molecular formula is C24H19N3O9S. The lowest BCUT2D eigenvalue weighted by molar-refractivity contribution is -0.384. The van der Waals surface area contributed by atoms with Crippen LogP contribution in [-0.4, -0.2) is 47.5 Å². The van der Waals surface area contributed by atoms with Gasteiger partial charge in [-0.3, -0.25) is 10.1 Å². The Balaban J connectivity index is 1.59. The highest BCUT2D eigenvalue weighted by atomic mass is 32.2. The number of aliphatic carboxylic acids is 1. The molecule has 0 radical (unpaired) electrons. The zero-order valence-corrected chi connectivity index (χ0v) is 20.5. The normalized spacial score (nSPS) is 11.3. The van der Waals surface area contributed by atoms with E-state index in [1.54, 1.807) is 30.3 Å². The number of benzene rings is 2. The van der Waals surface area contributed by atoms with Gasteiger partial charge in [-0.2, -0.15) is 0 Å². The van der Waals surface area contributed by atoms with Crippen LogP contribution in [0.5, 0.6) is 17.2 Å². The molecule has 12 nitrogen and oxygen atoms in total. The fourth-order valence-electron chi connectivity index (χ4n) is 3.23. The number of ether oxygens (including phenoxy) is 3. The van der Waals surface area contributed by atoms with Gasteiger partial charge >= 0.3 is 5.97 Å². The first-order chi connectivity index (χ1) is 17.8. The summed E-state index contributed by atoms with van der Waals surface area (Å²) in [5.74, 6) is 0.739. The van der Waals surface area contributed by atoms with Crippen molar-refractivity contribution in [3.8, 4) is 40.0 Å². The molecule has 0 atom stereocenters. The number of furan rings is 1. The summed E-state index contributed by atoms with van der Waals surface area (Å²) in [6.45, 7) is 0. The van der Waals surface area contributed by atoms with Gasteiger partial charge in [-0.05, 0) is 42.1 Å². The Morgan fingerprint density at radius 3 is 2.35 bits per heavy atom. The number of nitrogens with zero attached hydrogens (tertiary/aromatic N) is 3. The van der Waals surface area contributed by atoms with Gasteiger partial charge in [-0.25, -0.2) is 4.79 Å². The Kier molecular flexibility index (Phi) is 7.44. The van der Waals surface area contributed by atoms with E-state index < -0.39 is 10.9 Å². The predicted octanol–water partition coefficient (Wildman–Crippen LogP) is 5.15. The molecular weight excluding hydrogens is 506 g/mol. The maximum Gasteiger partial charge on any atom is 0.342 e. The third-order valence-corrected chi connectivity index (χ3v) is 5.83. The number of thioether (sulfide) groups is 1. The molecule has 1 N–H and O–H groups in total. The minimum absolute atomic E-state index is 0.00532. The molecule has 4 aromatic rings. The second-order valence-electron chi connectivity index (χ2n) is 7.23. The Morgan fingerprint density at radius 1 is 1.00 bits per heavy atom. The van der Waals surface area contributed by atoms with Crippen LogP contribution >= 0.6 is 11.8 Å². The van der Waals surface area contributed by atoms with Gasteiger partial charge in [0.1, 0.15) is 33.7 Å². The molecule has 37 heavy (non-hydrogen) atoms. The molecule has 0 bridgehead atoms. The van der Waals surface area contributed by atoms with Gasteiger partial charge in [0.05, 0.1) is 37.9 Å². The monoisotopic (exact) mass is 525 g/mol. The minimum Gasteiger partial charge on any atom is -0.497 e. The third-order valence-electron chi connectivity index (χ3n) is 4.97. The van der Waals surface area contributed by atoms with Crippen LogP contribution in [0, 0.1) is 10.1 Å². The van der Waals surface area contributed by atoms with Crippen molar-refractivity contribution in [1.82, 2.24) is 10.2 Å². The maximum absolute atomic E-state index is 11.9. The van der Waals surface area contributed by atoms with Crippen molar-refractivity contribution in [2.75, 3.05) is 21.3 Å². The molecule has 2 aromatic carbocycles. The summed E-state index contributed by atoms with van der Waals surface area (Å²) < 4.78 is 27.1. The molecule has 4 rings (SSSR count). The Hall–Kier alpha value is -4.78. The lowest BCUT2D eigenvalue weighted by Crippen LogP contribution is -1.96. The van der Waals surface area contributed by atoms with Crippen LogP contribution in [0.3, 0.4) is 0 Å². The highest BCUT2D eigenvalue weighted by Crippen LogP contribution is 2.36. The number of hydrogen-bond acceptors (Lipinski definition) is 11. The van der Waals surface area contributed by atoms with Gasteiger partial charge in [-0.1, -0.05) is 0 Å². The van der Waals surface area contributed by atoms with E-state index in [-0.39, 0.29) is 33.2 Å². The minimum atomic E-state index is -1.24. The first kappa shape index (κ1) is 25.3. The quantitative estimate of drug-likeness (QED) is 0.126. The summed E-state index contributed by atoms with van der Waals surface area (Å²) in [5, 5.41) is 28.6. The molecule has 0 aliphatic carbocycles. The first-order valence-corrected chi connectivity index (χ1v) is 11.3.